The Morgan fingerprint density at radius 1 is 0.829 bits per heavy atom. The van der Waals surface area contributed by atoms with Crippen LogP contribution in [0, 0.1) is 0 Å². The smallest absolute Gasteiger partial charge is 0.333 e. The number of carbonyl (C=O) groups is 3. The number of aliphatic imine (C=N–C) groups is 1. The Morgan fingerprint density at radius 3 is 1.61 bits per heavy atom. The Labute approximate surface area is 254 Å². The molecule has 0 rings (SSSR count). The van der Waals surface area contributed by atoms with Gasteiger partial charge in [0.25, 0.3) is 0 Å². The first kappa shape index (κ1) is 43.1. The van der Waals surface area contributed by atoms with Crippen molar-refractivity contribution >= 4 is 52.0 Å². The molecule has 41 heavy (non-hydrogen) atoms. The van der Waals surface area contributed by atoms with Crippen molar-refractivity contribution in [3.05, 3.63) is 36.5 Å². The normalized spacial score (nSPS) is 10.4. The van der Waals surface area contributed by atoms with E-state index in [0.29, 0.717) is 43.1 Å². The quantitative estimate of drug-likeness (QED) is 0.0226. The summed E-state index contributed by atoms with van der Waals surface area (Å²) in [4.78, 5) is 45.4. The monoisotopic (exact) mass is 635 g/mol. The first-order valence-electron chi connectivity index (χ1n) is 13.6. The number of isocyanates is 1. The average Bonchev–Trinajstić information content (AvgIpc) is 2.88. The van der Waals surface area contributed by atoms with Crippen molar-refractivity contribution in [2.24, 2.45) is 4.99 Å². The van der Waals surface area contributed by atoms with Crippen LogP contribution in [0.3, 0.4) is 0 Å². The number of ether oxygens (including phenoxy) is 5. The molecule has 0 N–H and O–H groups in total. The van der Waals surface area contributed by atoms with E-state index in [1.54, 1.807) is 20.8 Å². The predicted octanol–water partition coefficient (Wildman–Crippen LogP) is 4.82. The molecule has 0 radical (unpaired) electrons. The lowest BCUT2D eigenvalue weighted by atomic mass is 10.4. The third kappa shape index (κ3) is 33.8. The Morgan fingerprint density at radius 2 is 1.24 bits per heavy atom. The summed E-state index contributed by atoms with van der Waals surface area (Å²) in [5.41, 5.74) is 1.23. The summed E-state index contributed by atoms with van der Waals surface area (Å²) in [6.07, 6.45) is 3.06. The summed E-state index contributed by atoms with van der Waals surface area (Å²) in [6, 6.07) is 2.02. The van der Waals surface area contributed by atoms with Gasteiger partial charge in [0.15, 0.2) is 7.38 Å². The van der Waals surface area contributed by atoms with Gasteiger partial charge in [-0.05, 0) is 53.5 Å². The van der Waals surface area contributed by atoms with E-state index in [4.69, 9.17) is 30.0 Å². The van der Waals surface area contributed by atoms with E-state index in [2.05, 4.69) is 42.6 Å². The Balaban J connectivity index is -0.000000543. The molecule has 0 saturated carbocycles. The van der Waals surface area contributed by atoms with Crippen molar-refractivity contribution in [3.63, 3.8) is 0 Å². The number of nitrogens with zero attached hydrogens (tertiary/aromatic N) is 1. The molecule has 0 unspecified atom stereocenters. The third-order valence-corrected chi connectivity index (χ3v) is 8.43. The number of halogens is 1. The maximum atomic E-state index is 11.1. The molecular formula is C28H50ClNO9Si2. The van der Waals surface area contributed by atoms with Crippen LogP contribution < -0.4 is 0 Å². The van der Waals surface area contributed by atoms with E-state index in [1.807, 2.05) is 13.8 Å². The number of hydrogen-bond donors (Lipinski definition) is 0. The van der Waals surface area contributed by atoms with E-state index < -0.39 is 22.9 Å². The molecule has 0 spiro atoms. The maximum absolute atomic E-state index is 11.1. The highest BCUT2D eigenvalue weighted by Crippen LogP contribution is 2.16. The van der Waals surface area contributed by atoms with Crippen LogP contribution in [0.5, 0.6) is 0 Å². The SMILES string of the molecule is C=C(C)C(=O)OCCC[SiH2]C(OCC)OCC.C=C(C)C(=O)OCCC[Si](C)(C)Cl.C=C(C)C(=O)OCCN=C=O. The lowest BCUT2D eigenvalue weighted by molar-refractivity contribution is -0.139. The van der Waals surface area contributed by atoms with E-state index in [0.717, 1.165) is 24.9 Å². The molecule has 0 bridgehead atoms. The zero-order chi connectivity index (χ0) is 32.3. The highest BCUT2D eigenvalue weighted by Gasteiger charge is 2.16. The van der Waals surface area contributed by atoms with E-state index >= 15 is 0 Å². The van der Waals surface area contributed by atoms with Gasteiger partial charge in [0.05, 0.1) is 29.3 Å². The molecule has 0 aromatic carbocycles. The van der Waals surface area contributed by atoms with Crippen LogP contribution in [0.1, 0.15) is 47.5 Å². The van der Waals surface area contributed by atoms with Gasteiger partial charge in [-0.3, -0.25) is 0 Å². The van der Waals surface area contributed by atoms with Gasteiger partial charge < -0.3 is 23.7 Å². The third-order valence-electron chi connectivity index (χ3n) is 4.47. The number of esters is 3. The first-order chi connectivity index (χ1) is 19.1. The molecule has 0 aliphatic rings. The van der Waals surface area contributed by atoms with Gasteiger partial charge in [0.1, 0.15) is 12.5 Å². The largest absolute Gasteiger partial charge is 0.462 e. The molecule has 13 heteroatoms. The molecule has 10 nitrogen and oxygen atoms in total. The molecule has 0 saturated heterocycles. The molecule has 0 aromatic rings. The van der Waals surface area contributed by atoms with Crippen LogP contribution in [-0.4, -0.2) is 86.4 Å². The number of carbonyl (C=O) groups excluding carboxylic acids is 4. The van der Waals surface area contributed by atoms with Crippen molar-refractivity contribution in [2.45, 2.75) is 78.6 Å². The van der Waals surface area contributed by atoms with Crippen LogP contribution in [0.2, 0.25) is 25.2 Å². The highest BCUT2D eigenvalue weighted by molar-refractivity contribution is 7.19. The van der Waals surface area contributed by atoms with Crippen LogP contribution >= 0.6 is 11.1 Å². The summed E-state index contributed by atoms with van der Waals surface area (Å²) in [5.74, 6) is -1.08. The molecule has 0 aromatic heterocycles. The molecule has 236 valence electrons. The minimum Gasteiger partial charge on any atom is -0.462 e. The van der Waals surface area contributed by atoms with E-state index in [1.165, 1.54) is 6.08 Å². The lowest BCUT2D eigenvalue weighted by Gasteiger charge is -2.16. The van der Waals surface area contributed by atoms with E-state index in [9.17, 15) is 19.2 Å². The van der Waals surface area contributed by atoms with Crippen LogP contribution in [0.25, 0.3) is 0 Å². The summed E-state index contributed by atoms with van der Waals surface area (Å²) in [7, 11) is -1.92. The zero-order valence-electron chi connectivity index (χ0n) is 26.0. The molecule has 0 heterocycles. The molecule has 0 atom stereocenters. The highest BCUT2D eigenvalue weighted by atomic mass is 35.6. The second kappa shape index (κ2) is 27.8. The molecular weight excluding hydrogens is 586 g/mol. The van der Waals surface area contributed by atoms with Gasteiger partial charge in [0, 0.05) is 29.9 Å². The molecule has 0 aliphatic heterocycles. The minimum absolute atomic E-state index is 0.00171. The fraction of sp³-hybridized carbons (Fsp3) is 0.643. The van der Waals surface area contributed by atoms with Gasteiger partial charge in [-0.2, -0.15) is 11.1 Å². The Kier molecular flexibility index (Phi) is 29.2. The molecule has 0 amide bonds. The van der Waals surface area contributed by atoms with Crippen molar-refractivity contribution in [1.29, 1.82) is 0 Å². The standard InChI is InChI=1S/C12H24O4Si.C9H17ClO2Si.C7H9NO3/c1-5-14-12(15-6-2)17-9-7-8-16-11(13)10(3)4;1-8(2)9(11)12-6-5-7-13(3,4)10;1-6(2)7(10)11-4-3-8-5-9/h12H,3,5-9,17H2,1-2,4H3;1,5-7H2,2-4H3;1,3-4H2,2H3. The van der Waals surface area contributed by atoms with Crippen LogP contribution in [0.4, 0.5) is 0 Å². The molecule has 0 aliphatic carbocycles. The van der Waals surface area contributed by atoms with Gasteiger partial charge in [-0.25, -0.2) is 24.2 Å². The van der Waals surface area contributed by atoms with Gasteiger partial charge >= 0.3 is 17.9 Å². The van der Waals surface area contributed by atoms with Gasteiger partial charge in [-0.15, -0.1) is 0 Å². The fourth-order valence-corrected chi connectivity index (χ4v) is 5.44. The maximum Gasteiger partial charge on any atom is 0.333 e. The summed E-state index contributed by atoms with van der Waals surface area (Å²) in [5, 5.41) is 0. The Hall–Kier alpha value is -2.35. The van der Waals surface area contributed by atoms with Crippen molar-refractivity contribution in [1.82, 2.24) is 0 Å². The average molecular weight is 636 g/mol. The zero-order valence-corrected chi connectivity index (χ0v) is 29.1. The van der Waals surface area contributed by atoms with Crippen molar-refractivity contribution in [3.8, 4) is 0 Å². The van der Waals surface area contributed by atoms with Crippen molar-refractivity contribution < 1.29 is 42.9 Å². The van der Waals surface area contributed by atoms with Crippen LogP contribution in [0.15, 0.2) is 41.4 Å². The number of hydrogen-bond acceptors (Lipinski definition) is 10. The summed E-state index contributed by atoms with van der Waals surface area (Å²) in [6.45, 7) is 25.9. The second-order valence-corrected chi connectivity index (χ2v) is 18.3. The van der Waals surface area contributed by atoms with E-state index in [-0.39, 0.29) is 31.0 Å². The fourth-order valence-electron chi connectivity index (χ4n) is 2.42. The topological polar surface area (TPSA) is 127 Å². The van der Waals surface area contributed by atoms with Crippen LogP contribution in [-0.2, 0) is 42.9 Å². The van der Waals surface area contributed by atoms with Gasteiger partial charge in [-0.1, -0.05) is 38.9 Å². The summed E-state index contributed by atoms with van der Waals surface area (Å²) < 4.78 is 25.5. The summed E-state index contributed by atoms with van der Waals surface area (Å²) >= 11 is 6.09. The second-order valence-electron chi connectivity index (χ2n) is 9.38. The lowest BCUT2D eigenvalue weighted by Crippen LogP contribution is -2.24. The Bertz CT molecular complexity index is 848. The predicted molar refractivity (Wildman–Crippen MR) is 168 cm³/mol. The van der Waals surface area contributed by atoms with Gasteiger partial charge in [0.2, 0.25) is 6.08 Å². The number of rotatable bonds is 19. The minimum atomic E-state index is -1.50. The van der Waals surface area contributed by atoms with Crippen molar-refractivity contribution in [2.75, 3.05) is 39.6 Å². The first-order valence-corrected chi connectivity index (χ1v) is 19.6. The molecule has 0 fully saturated rings.